The number of nitrogens with one attached hydrogen (secondary N) is 1. The van der Waals surface area contributed by atoms with Crippen LogP contribution in [-0.4, -0.2) is 37.1 Å². The summed E-state index contributed by atoms with van der Waals surface area (Å²) in [6.45, 7) is 4.70. The molecule has 6 heteroatoms. The topological polar surface area (TPSA) is 83.5 Å². The third-order valence-corrected chi connectivity index (χ3v) is 4.24. The monoisotopic (exact) mass is 249 g/mol. The molecule has 0 radical (unpaired) electrons. The van der Waals surface area contributed by atoms with Gasteiger partial charge in [0, 0.05) is 5.92 Å². The zero-order valence-electron chi connectivity index (χ0n) is 9.64. The Morgan fingerprint density at radius 2 is 1.81 bits per heavy atom. The maximum atomic E-state index is 11.8. The number of hydrogen-bond acceptors (Lipinski definition) is 4. The summed E-state index contributed by atoms with van der Waals surface area (Å²) in [5.74, 6) is -1.01. The molecule has 1 atom stereocenters. The van der Waals surface area contributed by atoms with Gasteiger partial charge >= 0.3 is 0 Å². The van der Waals surface area contributed by atoms with Crippen molar-refractivity contribution in [3.8, 4) is 0 Å². The Labute approximate surface area is 96.4 Å². The third-order valence-electron chi connectivity index (χ3n) is 2.98. The predicted molar refractivity (Wildman–Crippen MR) is 60.8 cm³/mol. The van der Waals surface area contributed by atoms with Crippen LogP contribution in [0.5, 0.6) is 0 Å². The SMILES string of the molecule is CC(C)C(=O)C(C1CCNCC1)S(=O)(=O)O. The van der Waals surface area contributed by atoms with Gasteiger partial charge in [0.25, 0.3) is 10.1 Å². The first-order valence-electron chi connectivity index (χ1n) is 5.54. The molecule has 94 valence electrons. The van der Waals surface area contributed by atoms with E-state index in [0.29, 0.717) is 25.9 Å². The summed E-state index contributed by atoms with van der Waals surface area (Å²) >= 11 is 0. The van der Waals surface area contributed by atoms with Crippen molar-refractivity contribution >= 4 is 15.9 Å². The normalized spacial score (nSPS) is 21.0. The second-order valence-corrected chi connectivity index (χ2v) is 6.12. The molecule has 1 heterocycles. The Bertz CT molecular complexity index is 344. The van der Waals surface area contributed by atoms with Crippen molar-refractivity contribution in [2.45, 2.75) is 31.9 Å². The lowest BCUT2D eigenvalue weighted by Gasteiger charge is -2.28. The standard InChI is InChI=1S/C10H19NO4S/c1-7(2)9(12)10(16(13,14)15)8-3-5-11-6-4-8/h7-8,10-11H,3-6H2,1-2H3,(H,13,14,15). The van der Waals surface area contributed by atoms with Crippen molar-refractivity contribution in [3.05, 3.63) is 0 Å². The van der Waals surface area contributed by atoms with E-state index in [-0.39, 0.29) is 17.6 Å². The molecule has 16 heavy (non-hydrogen) atoms. The van der Waals surface area contributed by atoms with E-state index in [0.717, 1.165) is 0 Å². The van der Waals surface area contributed by atoms with Crippen molar-refractivity contribution in [3.63, 3.8) is 0 Å². The quantitative estimate of drug-likeness (QED) is 0.707. The third kappa shape index (κ3) is 3.26. The molecule has 0 spiro atoms. The minimum atomic E-state index is -4.29. The molecule has 0 bridgehead atoms. The van der Waals surface area contributed by atoms with Crippen molar-refractivity contribution in [2.75, 3.05) is 13.1 Å². The van der Waals surface area contributed by atoms with Crippen LogP contribution in [0.3, 0.4) is 0 Å². The molecule has 1 unspecified atom stereocenters. The van der Waals surface area contributed by atoms with E-state index in [9.17, 15) is 17.8 Å². The van der Waals surface area contributed by atoms with Gasteiger partial charge in [0.2, 0.25) is 0 Å². The molecule has 0 aromatic heterocycles. The lowest BCUT2D eigenvalue weighted by Crippen LogP contribution is -2.44. The highest BCUT2D eigenvalue weighted by molar-refractivity contribution is 7.87. The van der Waals surface area contributed by atoms with E-state index < -0.39 is 15.4 Å². The van der Waals surface area contributed by atoms with E-state index in [2.05, 4.69) is 5.32 Å². The summed E-state index contributed by atoms with van der Waals surface area (Å²) < 4.78 is 31.8. The van der Waals surface area contributed by atoms with E-state index in [1.165, 1.54) is 0 Å². The average molecular weight is 249 g/mol. The van der Waals surface area contributed by atoms with Gasteiger partial charge in [-0.15, -0.1) is 0 Å². The summed E-state index contributed by atoms with van der Waals surface area (Å²) in [7, 11) is -4.29. The Morgan fingerprint density at radius 3 is 2.19 bits per heavy atom. The van der Waals surface area contributed by atoms with Crippen molar-refractivity contribution in [1.82, 2.24) is 5.32 Å². The van der Waals surface area contributed by atoms with E-state index in [4.69, 9.17) is 0 Å². The second-order valence-electron chi connectivity index (χ2n) is 4.58. The molecule has 1 rings (SSSR count). The molecule has 5 nitrogen and oxygen atoms in total. The minimum absolute atomic E-state index is 0.258. The smallest absolute Gasteiger partial charge is 0.275 e. The first-order chi connectivity index (χ1) is 7.34. The van der Waals surface area contributed by atoms with Gasteiger partial charge in [0.15, 0.2) is 5.78 Å². The fourth-order valence-corrected chi connectivity index (χ4v) is 3.42. The van der Waals surface area contributed by atoms with Crippen LogP contribution < -0.4 is 5.32 Å². The molecule has 1 aliphatic heterocycles. The van der Waals surface area contributed by atoms with Crippen LogP contribution in [0.2, 0.25) is 0 Å². The zero-order chi connectivity index (χ0) is 12.3. The Morgan fingerprint density at radius 1 is 1.31 bits per heavy atom. The van der Waals surface area contributed by atoms with Crippen LogP contribution in [0.1, 0.15) is 26.7 Å². The molecule has 2 N–H and O–H groups in total. The maximum absolute atomic E-state index is 11.8. The molecule has 0 aromatic rings. The minimum Gasteiger partial charge on any atom is -0.317 e. The first kappa shape index (κ1) is 13.6. The van der Waals surface area contributed by atoms with Gasteiger partial charge in [-0.05, 0) is 31.8 Å². The van der Waals surface area contributed by atoms with E-state index in [1.54, 1.807) is 13.8 Å². The molecular weight excluding hydrogens is 230 g/mol. The van der Waals surface area contributed by atoms with Crippen LogP contribution in [0.4, 0.5) is 0 Å². The number of hydrogen-bond donors (Lipinski definition) is 2. The van der Waals surface area contributed by atoms with Gasteiger partial charge in [-0.3, -0.25) is 9.35 Å². The summed E-state index contributed by atoms with van der Waals surface area (Å²) in [6, 6.07) is 0. The Kier molecular flexibility index (Phi) is 4.46. The van der Waals surface area contributed by atoms with Crippen LogP contribution in [0.15, 0.2) is 0 Å². The second kappa shape index (κ2) is 5.25. The van der Waals surface area contributed by atoms with Crippen molar-refractivity contribution in [1.29, 1.82) is 0 Å². The molecule has 1 fully saturated rings. The van der Waals surface area contributed by atoms with Gasteiger partial charge < -0.3 is 5.32 Å². The molecule has 1 aliphatic rings. The van der Waals surface area contributed by atoms with E-state index in [1.807, 2.05) is 0 Å². The Hall–Kier alpha value is -0.460. The number of ketones is 1. The zero-order valence-corrected chi connectivity index (χ0v) is 10.5. The fraction of sp³-hybridized carbons (Fsp3) is 0.900. The molecule has 0 aromatic carbocycles. The number of Topliss-reactive ketones (excluding diaryl/α,β-unsaturated/α-hetero) is 1. The van der Waals surface area contributed by atoms with Gasteiger partial charge in [-0.2, -0.15) is 8.42 Å². The molecule has 1 saturated heterocycles. The lowest BCUT2D eigenvalue weighted by atomic mass is 9.89. The van der Waals surface area contributed by atoms with Gasteiger partial charge in [-0.25, -0.2) is 0 Å². The first-order valence-corrected chi connectivity index (χ1v) is 7.05. The number of carbonyl (C=O) groups is 1. The molecule has 0 amide bonds. The molecular formula is C10H19NO4S. The number of carbonyl (C=O) groups excluding carboxylic acids is 1. The fourth-order valence-electron chi connectivity index (χ4n) is 2.10. The predicted octanol–water partition coefficient (Wildman–Crippen LogP) is 0.468. The summed E-state index contributed by atoms with van der Waals surface area (Å²) in [5, 5.41) is 1.86. The highest BCUT2D eigenvalue weighted by Crippen LogP contribution is 2.24. The largest absolute Gasteiger partial charge is 0.317 e. The number of rotatable bonds is 4. The van der Waals surface area contributed by atoms with E-state index >= 15 is 0 Å². The molecule has 0 aliphatic carbocycles. The summed E-state index contributed by atoms with van der Waals surface area (Å²) in [6.07, 6.45) is 1.23. The maximum Gasteiger partial charge on any atom is 0.275 e. The van der Waals surface area contributed by atoms with Crippen LogP contribution in [-0.2, 0) is 14.9 Å². The van der Waals surface area contributed by atoms with Crippen molar-refractivity contribution in [2.24, 2.45) is 11.8 Å². The Balaban J connectivity index is 2.91. The highest BCUT2D eigenvalue weighted by atomic mass is 32.2. The number of piperidine rings is 1. The van der Waals surface area contributed by atoms with Gasteiger partial charge in [0.05, 0.1) is 0 Å². The summed E-state index contributed by atoms with van der Waals surface area (Å²) in [4.78, 5) is 11.8. The van der Waals surface area contributed by atoms with Crippen LogP contribution in [0.25, 0.3) is 0 Å². The van der Waals surface area contributed by atoms with Crippen LogP contribution in [0, 0.1) is 11.8 Å². The highest BCUT2D eigenvalue weighted by Gasteiger charge is 2.39. The summed E-state index contributed by atoms with van der Waals surface area (Å²) in [5.41, 5.74) is 0. The van der Waals surface area contributed by atoms with Gasteiger partial charge in [0.1, 0.15) is 5.25 Å². The molecule has 0 saturated carbocycles. The van der Waals surface area contributed by atoms with Crippen molar-refractivity contribution < 1.29 is 17.8 Å². The van der Waals surface area contributed by atoms with Crippen LogP contribution >= 0.6 is 0 Å². The average Bonchev–Trinajstić information content (AvgIpc) is 2.17. The van der Waals surface area contributed by atoms with Gasteiger partial charge in [-0.1, -0.05) is 13.8 Å². The lowest BCUT2D eigenvalue weighted by molar-refractivity contribution is -0.122.